The van der Waals surface area contributed by atoms with E-state index in [1.807, 2.05) is 6.07 Å². The largest absolute Gasteiger partial charge is 0.433 e. The van der Waals surface area contributed by atoms with E-state index in [4.69, 9.17) is 0 Å². The number of H-pyrrole nitrogens is 1. The van der Waals surface area contributed by atoms with E-state index in [0.29, 0.717) is 25.9 Å². The molecule has 1 saturated heterocycles. The molecular weight excluding hydrogens is 404 g/mol. The molecule has 7 nitrogen and oxygen atoms in total. The number of ether oxygens (including phenoxy) is 1. The Morgan fingerprint density at radius 1 is 1.17 bits per heavy atom. The van der Waals surface area contributed by atoms with Gasteiger partial charge < -0.3 is 15.0 Å². The number of nitrogens with one attached hydrogen (secondary N) is 2. The van der Waals surface area contributed by atoms with E-state index in [9.17, 15) is 17.6 Å². The van der Waals surface area contributed by atoms with Crippen LogP contribution in [-0.4, -0.2) is 57.1 Å². The average molecular weight is 424 g/mol. The van der Waals surface area contributed by atoms with Crippen molar-refractivity contribution in [2.45, 2.75) is 31.4 Å². The minimum atomic E-state index is -3.20. The standard InChI is InChI=1S/C19H20F4N6O/c20-18(21)30-13-1-2-15(25-9-13)19(22,23)10-29-7-4-12(5-8-29)28-17-14-3-6-24-16(14)26-11-27-17/h1-3,6,9,11-12,18H,4-5,7-8,10H2,(H2,24,26,27,28). The predicted octanol–water partition coefficient (Wildman–Crippen LogP) is 3.62. The zero-order valence-electron chi connectivity index (χ0n) is 15.9. The number of aromatic nitrogens is 4. The van der Waals surface area contributed by atoms with Gasteiger partial charge in [-0.05, 0) is 31.0 Å². The van der Waals surface area contributed by atoms with Crippen LogP contribution in [0.25, 0.3) is 11.0 Å². The van der Waals surface area contributed by atoms with E-state index in [1.165, 1.54) is 6.33 Å². The van der Waals surface area contributed by atoms with Gasteiger partial charge in [0.05, 0.1) is 18.1 Å². The molecular formula is C19H20F4N6O. The van der Waals surface area contributed by atoms with Gasteiger partial charge in [0.1, 0.15) is 29.2 Å². The number of aromatic amines is 1. The van der Waals surface area contributed by atoms with Crippen LogP contribution in [0, 0.1) is 0 Å². The van der Waals surface area contributed by atoms with Crippen LogP contribution >= 0.6 is 0 Å². The van der Waals surface area contributed by atoms with Crippen LogP contribution in [0.3, 0.4) is 0 Å². The van der Waals surface area contributed by atoms with Gasteiger partial charge in [-0.25, -0.2) is 9.97 Å². The molecule has 3 aromatic rings. The molecule has 0 saturated carbocycles. The minimum absolute atomic E-state index is 0.117. The van der Waals surface area contributed by atoms with Crippen LogP contribution in [0.1, 0.15) is 18.5 Å². The molecule has 1 fully saturated rings. The minimum Gasteiger partial charge on any atom is -0.433 e. The monoisotopic (exact) mass is 424 g/mol. The lowest BCUT2D eigenvalue weighted by Crippen LogP contribution is -2.44. The Labute approximate surface area is 169 Å². The second kappa shape index (κ2) is 8.42. The summed E-state index contributed by atoms with van der Waals surface area (Å²) in [6.45, 7) is -2.54. The summed E-state index contributed by atoms with van der Waals surface area (Å²) in [5.41, 5.74) is 0.266. The maximum atomic E-state index is 14.6. The van der Waals surface area contributed by atoms with Gasteiger partial charge in [-0.3, -0.25) is 9.88 Å². The summed E-state index contributed by atoms with van der Waals surface area (Å²) in [7, 11) is 0. The summed E-state index contributed by atoms with van der Waals surface area (Å²) in [6, 6.07) is 4.09. The zero-order valence-corrected chi connectivity index (χ0v) is 15.9. The highest BCUT2D eigenvalue weighted by Gasteiger charge is 2.36. The van der Waals surface area contributed by atoms with Crippen molar-refractivity contribution in [3.63, 3.8) is 0 Å². The Morgan fingerprint density at radius 3 is 2.67 bits per heavy atom. The van der Waals surface area contributed by atoms with Crippen molar-refractivity contribution in [2.75, 3.05) is 25.0 Å². The quantitative estimate of drug-likeness (QED) is 0.564. The van der Waals surface area contributed by atoms with Crippen molar-refractivity contribution < 1.29 is 22.3 Å². The van der Waals surface area contributed by atoms with Crippen molar-refractivity contribution in [2.24, 2.45) is 0 Å². The van der Waals surface area contributed by atoms with Crippen LogP contribution in [0.4, 0.5) is 23.4 Å². The molecule has 160 valence electrons. The van der Waals surface area contributed by atoms with Crippen LogP contribution in [-0.2, 0) is 5.92 Å². The zero-order chi connectivity index (χ0) is 21.1. The number of hydrogen-bond acceptors (Lipinski definition) is 6. The number of pyridine rings is 1. The smallest absolute Gasteiger partial charge is 0.387 e. The molecule has 0 atom stereocenters. The summed E-state index contributed by atoms with van der Waals surface area (Å²) in [5, 5.41) is 4.26. The molecule has 4 rings (SSSR count). The molecule has 1 aliphatic rings. The molecule has 2 N–H and O–H groups in total. The topological polar surface area (TPSA) is 79.0 Å². The Balaban J connectivity index is 1.32. The second-order valence-electron chi connectivity index (χ2n) is 7.12. The van der Waals surface area contributed by atoms with Crippen LogP contribution in [0.15, 0.2) is 36.9 Å². The Kier molecular flexibility index (Phi) is 5.71. The molecule has 3 aromatic heterocycles. The third-order valence-corrected chi connectivity index (χ3v) is 5.04. The number of likely N-dealkylation sites (tertiary alicyclic amines) is 1. The van der Waals surface area contributed by atoms with E-state index in [1.54, 1.807) is 11.1 Å². The highest BCUT2D eigenvalue weighted by atomic mass is 19.3. The van der Waals surface area contributed by atoms with Crippen LogP contribution in [0.5, 0.6) is 5.75 Å². The fourth-order valence-electron chi connectivity index (χ4n) is 3.55. The fraction of sp³-hybridized carbons (Fsp3) is 0.421. The maximum absolute atomic E-state index is 14.6. The van der Waals surface area contributed by atoms with Crippen molar-refractivity contribution in [1.29, 1.82) is 0 Å². The summed E-state index contributed by atoms with van der Waals surface area (Å²) in [5.74, 6) is -2.73. The first-order valence-corrected chi connectivity index (χ1v) is 9.47. The fourth-order valence-corrected chi connectivity index (χ4v) is 3.55. The third kappa shape index (κ3) is 4.61. The number of rotatable bonds is 7. The Bertz CT molecular complexity index is 973. The first-order chi connectivity index (χ1) is 14.4. The third-order valence-electron chi connectivity index (χ3n) is 5.04. The van der Waals surface area contributed by atoms with Gasteiger partial charge in [-0.15, -0.1) is 0 Å². The molecule has 0 aliphatic carbocycles. The van der Waals surface area contributed by atoms with E-state index in [2.05, 4.69) is 30.0 Å². The molecule has 11 heteroatoms. The lowest BCUT2D eigenvalue weighted by Gasteiger charge is -2.34. The van der Waals surface area contributed by atoms with E-state index in [-0.39, 0.29) is 11.8 Å². The number of halogens is 4. The molecule has 0 aromatic carbocycles. The van der Waals surface area contributed by atoms with E-state index in [0.717, 1.165) is 35.2 Å². The number of nitrogens with zero attached hydrogens (tertiary/aromatic N) is 4. The highest BCUT2D eigenvalue weighted by Crippen LogP contribution is 2.30. The van der Waals surface area contributed by atoms with Gasteiger partial charge in [0.15, 0.2) is 0 Å². The summed E-state index contributed by atoms with van der Waals surface area (Å²) >= 11 is 0. The Morgan fingerprint density at radius 2 is 1.97 bits per heavy atom. The highest BCUT2D eigenvalue weighted by molar-refractivity contribution is 5.86. The number of hydrogen-bond donors (Lipinski definition) is 2. The second-order valence-corrected chi connectivity index (χ2v) is 7.12. The molecule has 0 unspecified atom stereocenters. The van der Waals surface area contributed by atoms with Crippen molar-refractivity contribution in [3.05, 3.63) is 42.6 Å². The van der Waals surface area contributed by atoms with Gasteiger partial charge in [-0.1, -0.05) is 0 Å². The molecule has 0 radical (unpaired) electrons. The van der Waals surface area contributed by atoms with Gasteiger partial charge in [-0.2, -0.15) is 17.6 Å². The van der Waals surface area contributed by atoms with Gasteiger partial charge in [0.25, 0.3) is 0 Å². The first kappa shape index (κ1) is 20.3. The molecule has 0 bridgehead atoms. The van der Waals surface area contributed by atoms with Crippen molar-refractivity contribution >= 4 is 16.9 Å². The molecule has 4 heterocycles. The van der Waals surface area contributed by atoms with E-state index < -0.39 is 24.8 Å². The predicted molar refractivity (Wildman–Crippen MR) is 102 cm³/mol. The number of piperidine rings is 1. The summed E-state index contributed by atoms with van der Waals surface area (Å²) in [6.07, 6.45) is 5.51. The molecule has 1 aliphatic heterocycles. The van der Waals surface area contributed by atoms with Crippen molar-refractivity contribution in [1.82, 2.24) is 24.8 Å². The molecule has 0 spiro atoms. The van der Waals surface area contributed by atoms with Gasteiger partial charge in [0.2, 0.25) is 0 Å². The summed E-state index contributed by atoms with van der Waals surface area (Å²) < 4.78 is 57.7. The van der Waals surface area contributed by atoms with Crippen LogP contribution in [0.2, 0.25) is 0 Å². The number of fused-ring (bicyclic) bond motifs is 1. The van der Waals surface area contributed by atoms with E-state index >= 15 is 0 Å². The maximum Gasteiger partial charge on any atom is 0.387 e. The van der Waals surface area contributed by atoms with Gasteiger partial charge in [0, 0.05) is 25.3 Å². The number of alkyl halides is 4. The normalized spacial score (nSPS) is 16.3. The summed E-state index contributed by atoms with van der Waals surface area (Å²) in [4.78, 5) is 16.7. The van der Waals surface area contributed by atoms with Gasteiger partial charge >= 0.3 is 12.5 Å². The average Bonchev–Trinajstić information content (AvgIpc) is 3.19. The SMILES string of the molecule is FC(F)Oc1ccc(C(F)(F)CN2CCC(Nc3ncnc4[nH]ccc34)CC2)nc1. The first-order valence-electron chi connectivity index (χ1n) is 9.47. The Hall–Kier alpha value is -2.95. The molecule has 0 amide bonds. The number of anilines is 1. The lowest BCUT2D eigenvalue weighted by atomic mass is 10.0. The molecule has 30 heavy (non-hydrogen) atoms. The lowest BCUT2D eigenvalue weighted by molar-refractivity contribution is -0.0516. The van der Waals surface area contributed by atoms with Crippen molar-refractivity contribution in [3.8, 4) is 5.75 Å². The van der Waals surface area contributed by atoms with Crippen LogP contribution < -0.4 is 10.1 Å².